The van der Waals surface area contributed by atoms with Gasteiger partial charge >= 0.3 is 0 Å². The fourth-order valence-corrected chi connectivity index (χ4v) is 3.14. The molecule has 0 spiro atoms. The maximum Gasteiger partial charge on any atom is 0.243 e. The van der Waals surface area contributed by atoms with Crippen LogP contribution in [0.2, 0.25) is 0 Å². The lowest BCUT2D eigenvalue weighted by Crippen LogP contribution is -2.28. The van der Waals surface area contributed by atoms with Gasteiger partial charge in [-0.05, 0) is 12.1 Å². The number of hydrogen-bond donors (Lipinski definition) is 0. The summed E-state index contributed by atoms with van der Waals surface area (Å²) in [5.41, 5.74) is 0. The van der Waals surface area contributed by atoms with E-state index in [2.05, 4.69) is 0 Å². The maximum absolute atomic E-state index is 12.3. The predicted octanol–water partition coefficient (Wildman–Crippen LogP) is 1.26. The molecule has 0 amide bonds. The topological polar surface area (TPSA) is 55.8 Å². The van der Waals surface area contributed by atoms with Crippen LogP contribution in [0.5, 0.6) is 11.5 Å². The van der Waals surface area contributed by atoms with Crippen molar-refractivity contribution in [3.63, 3.8) is 0 Å². The molecular weight excluding hydrogens is 254 g/mol. The van der Waals surface area contributed by atoms with E-state index in [0.29, 0.717) is 24.6 Å². The SMILES string of the molecule is COc1ccc(S(=O)(=O)N2CC=CC2)cc1OC. The van der Waals surface area contributed by atoms with Crippen LogP contribution in [-0.4, -0.2) is 40.0 Å². The van der Waals surface area contributed by atoms with Gasteiger partial charge in [-0.1, -0.05) is 12.2 Å². The van der Waals surface area contributed by atoms with Crippen molar-refractivity contribution in [1.82, 2.24) is 4.31 Å². The van der Waals surface area contributed by atoms with Gasteiger partial charge in [0.25, 0.3) is 0 Å². The molecule has 0 N–H and O–H groups in total. The lowest BCUT2D eigenvalue weighted by molar-refractivity contribution is 0.353. The summed E-state index contributed by atoms with van der Waals surface area (Å²) in [6, 6.07) is 4.59. The van der Waals surface area contributed by atoms with E-state index in [9.17, 15) is 8.42 Å². The number of benzene rings is 1. The van der Waals surface area contributed by atoms with Crippen LogP contribution in [0, 0.1) is 0 Å². The van der Waals surface area contributed by atoms with E-state index in [-0.39, 0.29) is 4.90 Å². The maximum atomic E-state index is 12.3. The Kier molecular flexibility index (Phi) is 3.58. The minimum atomic E-state index is -3.46. The van der Waals surface area contributed by atoms with Crippen LogP contribution in [0.15, 0.2) is 35.2 Å². The van der Waals surface area contributed by atoms with Gasteiger partial charge in [-0.15, -0.1) is 0 Å². The summed E-state index contributed by atoms with van der Waals surface area (Å²) >= 11 is 0. The summed E-state index contributed by atoms with van der Waals surface area (Å²) in [4.78, 5) is 0.212. The smallest absolute Gasteiger partial charge is 0.243 e. The van der Waals surface area contributed by atoms with Crippen molar-refractivity contribution in [2.24, 2.45) is 0 Å². The zero-order chi connectivity index (χ0) is 13.2. The van der Waals surface area contributed by atoms with Gasteiger partial charge in [-0.2, -0.15) is 4.31 Å². The number of hydrogen-bond acceptors (Lipinski definition) is 4. The predicted molar refractivity (Wildman–Crippen MR) is 67.4 cm³/mol. The first-order chi connectivity index (χ1) is 8.59. The Morgan fingerprint density at radius 3 is 2.22 bits per heavy atom. The van der Waals surface area contributed by atoms with Gasteiger partial charge in [-0.25, -0.2) is 8.42 Å². The Hall–Kier alpha value is -1.53. The van der Waals surface area contributed by atoms with E-state index < -0.39 is 10.0 Å². The molecule has 0 saturated heterocycles. The summed E-state index contributed by atoms with van der Waals surface area (Å²) in [6.07, 6.45) is 3.66. The van der Waals surface area contributed by atoms with Gasteiger partial charge in [0.15, 0.2) is 11.5 Å². The zero-order valence-electron chi connectivity index (χ0n) is 10.3. The molecule has 0 fully saturated rings. The molecule has 2 rings (SSSR count). The van der Waals surface area contributed by atoms with E-state index in [1.165, 1.54) is 30.7 Å². The monoisotopic (exact) mass is 269 g/mol. The second-order valence-electron chi connectivity index (χ2n) is 3.81. The molecule has 1 heterocycles. The molecule has 98 valence electrons. The molecule has 5 nitrogen and oxygen atoms in total. The molecule has 1 aliphatic rings. The minimum Gasteiger partial charge on any atom is -0.493 e. The standard InChI is InChI=1S/C12H15NO4S/c1-16-11-6-5-10(9-12(11)17-2)18(14,15)13-7-3-4-8-13/h3-6,9H,7-8H2,1-2H3. The molecule has 0 radical (unpaired) electrons. The Labute approximate surface area is 107 Å². The van der Waals surface area contributed by atoms with E-state index in [1.54, 1.807) is 6.07 Å². The molecule has 0 unspecified atom stereocenters. The molecular formula is C12H15NO4S. The Balaban J connectivity index is 2.39. The Bertz CT molecular complexity index is 557. The number of ether oxygens (including phenoxy) is 2. The first-order valence-corrected chi connectivity index (χ1v) is 6.91. The molecule has 0 aliphatic carbocycles. The first kappa shape index (κ1) is 12.9. The fourth-order valence-electron chi connectivity index (χ4n) is 1.78. The molecule has 6 heteroatoms. The number of sulfonamides is 1. The largest absolute Gasteiger partial charge is 0.493 e. The van der Waals surface area contributed by atoms with Gasteiger partial charge in [0.05, 0.1) is 19.1 Å². The molecule has 0 atom stereocenters. The molecule has 1 aromatic carbocycles. The van der Waals surface area contributed by atoms with E-state index in [0.717, 1.165) is 0 Å². The molecule has 0 aromatic heterocycles. The summed E-state index contributed by atoms with van der Waals surface area (Å²) in [7, 11) is -0.473. The van der Waals surface area contributed by atoms with Gasteiger partial charge in [0.2, 0.25) is 10.0 Å². The third-order valence-corrected chi connectivity index (χ3v) is 4.61. The number of nitrogens with zero attached hydrogens (tertiary/aromatic N) is 1. The molecule has 1 aromatic rings. The summed E-state index contributed by atoms with van der Waals surface area (Å²) < 4.78 is 36.2. The normalized spacial score (nSPS) is 15.9. The first-order valence-electron chi connectivity index (χ1n) is 5.47. The molecule has 18 heavy (non-hydrogen) atoms. The Morgan fingerprint density at radius 1 is 1.06 bits per heavy atom. The number of methoxy groups -OCH3 is 2. The van der Waals surface area contributed by atoms with E-state index in [1.807, 2.05) is 12.2 Å². The highest BCUT2D eigenvalue weighted by Crippen LogP contribution is 2.30. The quantitative estimate of drug-likeness (QED) is 0.772. The lowest BCUT2D eigenvalue weighted by Gasteiger charge is -2.16. The minimum absolute atomic E-state index is 0.212. The van der Waals surface area contributed by atoms with E-state index in [4.69, 9.17) is 9.47 Å². The van der Waals surface area contributed by atoms with Gasteiger partial charge in [-0.3, -0.25) is 0 Å². The third kappa shape index (κ3) is 2.21. The lowest BCUT2D eigenvalue weighted by atomic mass is 10.3. The van der Waals surface area contributed by atoms with Crippen LogP contribution in [-0.2, 0) is 10.0 Å². The highest BCUT2D eigenvalue weighted by atomic mass is 32.2. The van der Waals surface area contributed by atoms with Gasteiger partial charge in [0.1, 0.15) is 0 Å². The summed E-state index contributed by atoms with van der Waals surface area (Å²) in [5, 5.41) is 0. The van der Waals surface area contributed by atoms with Crippen molar-refractivity contribution in [3.05, 3.63) is 30.4 Å². The van der Waals surface area contributed by atoms with Crippen molar-refractivity contribution < 1.29 is 17.9 Å². The van der Waals surface area contributed by atoms with Crippen LogP contribution >= 0.6 is 0 Å². The summed E-state index contributed by atoms with van der Waals surface area (Å²) in [6.45, 7) is 0.827. The molecule has 0 bridgehead atoms. The molecule has 1 aliphatic heterocycles. The zero-order valence-corrected chi connectivity index (χ0v) is 11.1. The van der Waals surface area contributed by atoms with Crippen molar-refractivity contribution in [1.29, 1.82) is 0 Å². The van der Waals surface area contributed by atoms with Crippen LogP contribution < -0.4 is 9.47 Å². The average molecular weight is 269 g/mol. The van der Waals surface area contributed by atoms with Crippen molar-refractivity contribution >= 4 is 10.0 Å². The fraction of sp³-hybridized carbons (Fsp3) is 0.333. The van der Waals surface area contributed by atoms with Crippen LogP contribution in [0.25, 0.3) is 0 Å². The van der Waals surface area contributed by atoms with Crippen molar-refractivity contribution in [2.45, 2.75) is 4.90 Å². The second-order valence-corrected chi connectivity index (χ2v) is 5.75. The van der Waals surface area contributed by atoms with Crippen LogP contribution in [0.3, 0.4) is 0 Å². The van der Waals surface area contributed by atoms with Crippen molar-refractivity contribution in [2.75, 3.05) is 27.3 Å². The highest BCUT2D eigenvalue weighted by Gasteiger charge is 2.25. The van der Waals surface area contributed by atoms with Crippen LogP contribution in [0.1, 0.15) is 0 Å². The van der Waals surface area contributed by atoms with E-state index >= 15 is 0 Å². The van der Waals surface area contributed by atoms with Crippen LogP contribution in [0.4, 0.5) is 0 Å². The number of rotatable bonds is 4. The summed E-state index contributed by atoms with van der Waals surface area (Å²) in [5.74, 6) is 0.918. The van der Waals surface area contributed by atoms with Gasteiger partial charge in [0, 0.05) is 19.2 Å². The highest BCUT2D eigenvalue weighted by molar-refractivity contribution is 7.89. The second kappa shape index (κ2) is 4.99. The van der Waals surface area contributed by atoms with Crippen molar-refractivity contribution in [3.8, 4) is 11.5 Å². The third-order valence-electron chi connectivity index (χ3n) is 2.78. The Morgan fingerprint density at radius 2 is 1.67 bits per heavy atom. The van der Waals surface area contributed by atoms with Gasteiger partial charge < -0.3 is 9.47 Å². The average Bonchev–Trinajstić information content (AvgIpc) is 2.92. The molecule has 0 saturated carbocycles.